The molecule has 3 aromatic rings. The van der Waals surface area contributed by atoms with Crippen molar-refractivity contribution in [3.63, 3.8) is 0 Å². The van der Waals surface area contributed by atoms with Crippen LogP contribution in [0.5, 0.6) is 0 Å². The van der Waals surface area contributed by atoms with Gasteiger partial charge >= 0.3 is 0 Å². The van der Waals surface area contributed by atoms with Crippen LogP contribution in [0, 0.1) is 0 Å². The molecule has 0 nitrogen and oxygen atoms in total. The maximum atomic E-state index is 3.83. The van der Waals surface area contributed by atoms with E-state index < -0.39 is 0 Å². The Morgan fingerprint density at radius 2 is 1.75 bits per heavy atom. The van der Waals surface area contributed by atoms with Crippen LogP contribution in [0.1, 0.15) is 16.0 Å². The van der Waals surface area contributed by atoms with Crippen molar-refractivity contribution in [2.24, 2.45) is 0 Å². The summed E-state index contributed by atoms with van der Waals surface area (Å²) in [5.74, 6) is 0. The molecule has 2 aromatic carbocycles. The topological polar surface area (TPSA) is 0 Å². The fourth-order valence-electron chi connectivity index (χ4n) is 2.34. The minimum atomic E-state index is 0.310. The van der Waals surface area contributed by atoms with Crippen LogP contribution in [0.15, 0.2) is 56.1 Å². The molecule has 3 rings (SSSR count). The first-order chi connectivity index (χ1) is 9.65. The Morgan fingerprint density at radius 3 is 2.50 bits per heavy atom. The number of hydrogen-bond donors (Lipinski definition) is 0. The third-order valence-corrected chi connectivity index (χ3v) is 6.50. The molecule has 0 saturated carbocycles. The molecule has 0 aliphatic carbocycles. The van der Waals surface area contributed by atoms with Crippen LogP contribution in [0.2, 0.25) is 0 Å². The van der Waals surface area contributed by atoms with E-state index in [-0.39, 0.29) is 0 Å². The molecule has 1 atom stereocenters. The van der Waals surface area contributed by atoms with E-state index in [2.05, 4.69) is 96.3 Å². The smallest absolute Gasteiger partial charge is 0.0753 e. The Labute approximate surface area is 147 Å². The molecule has 20 heavy (non-hydrogen) atoms. The zero-order valence-electron chi connectivity index (χ0n) is 10.4. The molecule has 0 fully saturated rings. The summed E-state index contributed by atoms with van der Waals surface area (Å²) in [4.78, 5) is 0.310. The number of rotatable bonds is 3. The molecule has 4 heteroatoms. The van der Waals surface area contributed by atoms with Crippen LogP contribution >= 0.6 is 59.1 Å². The summed E-state index contributed by atoms with van der Waals surface area (Å²) in [7, 11) is 0. The van der Waals surface area contributed by atoms with Gasteiger partial charge in [-0.15, -0.1) is 11.3 Å². The van der Waals surface area contributed by atoms with Gasteiger partial charge in [0.1, 0.15) is 0 Å². The van der Waals surface area contributed by atoms with E-state index in [0.717, 1.165) is 10.2 Å². The van der Waals surface area contributed by atoms with Crippen molar-refractivity contribution in [2.75, 3.05) is 0 Å². The second-order valence-corrected chi connectivity index (χ2v) is 9.44. The largest absolute Gasteiger partial charge is 0.121 e. The Bertz CT molecular complexity index is 743. The summed E-state index contributed by atoms with van der Waals surface area (Å²) in [6.45, 7) is 0. The minimum Gasteiger partial charge on any atom is -0.121 e. The van der Waals surface area contributed by atoms with Crippen molar-refractivity contribution < 1.29 is 0 Å². The number of halogens is 3. The molecule has 0 amide bonds. The van der Waals surface area contributed by atoms with E-state index in [9.17, 15) is 0 Å². The lowest BCUT2D eigenvalue weighted by Crippen LogP contribution is -1.95. The predicted octanol–water partition coefficient (Wildman–Crippen LogP) is 7.11. The Balaban J connectivity index is 1.95. The van der Waals surface area contributed by atoms with Crippen LogP contribution in [-0.4, -0.2) is 0 Å². The van der Waals surface area contributed by atoms with Gasteiger partial charge in [0.25, 0.3) is 0 Å². The summed E-state index contributed by atoms with van der Waals surface area (Å²) in [6.07, 6.45) is 0.975. The number of alkyl halides is 1. The number of hydrogen-bond acceptors (Lipinski definition) is 1. The Morgan fingerprint density at radius 1 is 1.00 bits per heavy atom. The van der Waals surface area contributed by atoms with E-state index in [4.69, 9.17) is 0 Å². The SMILES string of the molecule is Brc1cc(C(Br)Cc2cccc3ccccc23)c(Br)s1. The lowest BCUT2D eigenvalue weighted by atomic mass is 9.99. The molecular formula is C16H11Br3S. The Kier molecular flexibility index (Phi) is 4.65. The molecule has 0 aliphatic heterocycles. The molecule has 0 spiro atoms. The van der Waals surface area contributed by atoms with E-state index in [1.54, 1.807) is 11.3 Å². The van der Waals surface area contributed by atoms with Crippen molar-refractivity contribution >= 4 is 69.9 Å². The van der Waals surface area contributed by atoms with E-state index >= 15 is 0 Å². The first-order valence-electron chi connectivity index (χ1n) is 6.20. The highest BCUT2D eigenvalue weighted by Crippen LogP contribution is 2.40. The van der Waals surface area contributed by atoms with Gasteiger partial charge in [-0.25, -0.2) is 0 Å². The Hall–Kier alpha value is -0.160. The molecule has 0 aliphatic rings. The molecule has 1 unspecified atom stereocenters. The van der Waals surface area contributed by atoms with Gasteiger partial charge in [-0.3, -0.25) is 0 Å². The molecule has 1 heterocycles. The summed E-state index contributed by atoms with van der Waals surface area (Å²) < 4.78 is 2.34. The maximum Gasteiger partial charge on any atom is 0.0753 e. The molecular weight excluding hydrogens is 464 g/mol. The second-order valence-electron chi connectivity index (χ2n) is 4.59. The fraction of sp³-hybridized carbons (Fsp3) is 0.125. The van der Waals surface area contributed by atoms with Gasteiger partial charge in [0.05, 0.1) is 7.57 Å². The van der Waals surface area contributed by atoms with Gasteiger partial charge in [-0.2, -0.15) is 0 Å². The predicted molar refractivity (Wildman–Crippen MR) is 99.0 cm³/mol. The number of benzene rings is 2. The summed E-state index contributed by atoms with van der Waals surface area (Å²) >= 11 is 12.7. The third-order valence-electron chi connectivity index (χ3n) is 3.30. The van der Waals surface area contributed by atoms with Crippen LogP contribution in [0.4, 0.5) is 0 Å². The quantitative estimate of drug-likeness (QED) is 0.355. The van der Waals surface area contributed by atoms with E-state index in [0.29, 0.717) is 4.83 Å². The zero-order chi connectivity index (χ0) is 14.1. The normalized spacial score (nSPS) is 12.8. The van der Waals surface area contributed by atoms with E-state index in [1.807, 2.05) is 0 Å². The lowest BCUT2D eigenvalue weighted by Gasteiger charge is -2.11. The number of thiophene rings is 1. The van der Waals surface area contributed by atoms with Crippen molar-refractivity contribution in [1.82, 2.24) is 0 Å². The van der Waals surface area contributed by atoms with Gasteiger partial charge in [0, 0.05) is 4.83 Å². The lowest BCUT2D eigenvalue weighted by molar-refractivity contribution is 0.958. The third kappa shape index (κ3) is 3.03. The molecule has 1 aromatic heterocycles. The minimum absolute atomic E-state index is 0.310. The van der Waals surface area contributed by atoms with Crippen LogP contribution in [-0.2, 0) is 6.42 Å². The summed E-state index contributed by atoms with van der Waals surface area (Å²) in [6, 6.07) is 17.2. The van der Waals surface area contributed by atoms with Crippen LogP contribution < -0.4 is 0 Å². The standard InChI is InChI=1S/C16H11Br3S/c17-14(13-9-15(18)20-16(13)19)8-11-6-3-5-10-4-1-2-7-12(10)11/h1-7,9,14H,8H2. The highest BCUT2D eigenvalue weighted by Gasteiger charge is 2.16. The van der Waals surface area contributed by atoms with E-state index in [1.165, 1.54) is 25.7 Å². The average Bonchev–Trinajstić information content (AvgIpc) is 2.78. The molecule has 102 valence electrons. The summed E-state index contributed by atoms with van der Waals surface area (Å²) in [5.41, 5.74) is 2.68. The zero-order valence-corrected chi connectivity index (χ0v) is 16.0. The first kappa shape index (κ1) is 14.8. The van der Waals surface area contributed by atoms with Gasteiger partial charge in [0.2, 0.25) is 0 Å². The van der Waals surface area contributed by atoms with Gasteiger partial charge in [-0.1, -0.05) is 58.4 Å². The first-order valence-corrected chi connectivity index (χ1v) is 9.52. The fourth-order valence-corrected chi connectivity index (χ4v) is 6.48. The number of fused-ring (bicyclic) bond motifs is 1. The van der Waals surface area contributed by atoms with Crippen molar-refractivity contribution in [1.29, 1.82) is 0 Å². The molecule has 0 bridgehead atoms. The van der Waals surface area contributed by atoms with Crippen molar-refractivity contribution in [2.45, 2.75) is 11.2 Å². The van der Waals surface area contributed by atoms with Gasteiger partial charge in [-0.05, 0) is 66.2 Å². The average molecular weight is 475 g/mol. The van der Waals surface area contributed by atoms with Gasteiger partial charge in [0.15, 0.2) is 0 Å². The highest BCUT2D eigenvalue weighted by atomic mass is 79.9. The van der Waals surface area contributed by atoms with Crippen LogP contribution in [0.25, 0.3) is 10.8 Å². The maximum absolute atomic E-state index is 3.83. The van der Waals surface area contributed by atoms with Gasteiger partial charge < -0.3 is 0 Å². The van der Waals surface area contributed by atoms with Crippen molar-refractivity contribution in [3.8, 4) is 0 Å². The monoisotopic (exact) mass is 472 g/mol. The molecule has 0 saturated heterocycles. The highest BCUT2D eigenvalue weighted by molar-refractivity contribution is 9.12. The van der Waals surface area contributed by atoms with Crippen LogP contribution in [0.3, 0.4) is 0 Å². The molecule has 0 radical (unpaired) electrons. The second kappa shape index (κ2) is 6.30. The van der Waals surface area contributed by atoms with Crippen molar-refractivity contribution in [3.05, 3.63) is 67.2 Å². The summed E-state index contributed by atoms with van der Waals surface area (Å²) in [5, 5.41) is 2.64. The molecule has 0 N–H and O–H groups in total.